The summed E-state index contributed by atoms with van der Waals surface area (Å²) in [5, 5.41) is 13.2. The lowest BCUT2D eigenvalue weighted by molar-refractivity contribution is -0.136. The molecule has 1 aromatic rings. The van der Waals surface area contributed by atoms with Crippen molar-refractivity contribution < 1.29 is 57.5 Å². The van der Waals surface area contributed by atoms with Crippen molar-refractivity contribution in [3.8, 4) is 0 Å². The second-order valence-corrected chi connectivity index (χ2v) is 22.6. The van der Waals surface area contributed by atoms with Gasteiger partial charge in [0.05, 0.1) is 49.6 Å². The number of thiol groups is 1. The molecule has 0 unspecified atom stereocenters. The molecule has 0 spiro atoms. The van der Waals surface area contributed by atoms with Gasteiger partial charge in [-0.15, -0.1) is 0 Å². The van der Waals surface area contributed by atoms with Crippen molar-refractivity contribution in [2.24, 2.45) is 70.1 Å². The Morgan fingerprint density at radius 2 is 1.00 bits per heavy atom. The van der Waals surface area contributed by atoms with Crippen molar-refractivity contribution in [3.63, 3.8) is 0 Å². The van der Waals surface area contributed by atoms with Gasteiger partial charge in [0.25, 0.3) is 0 Å². The van der Waals surface area contributed by atoms with Gasteiger partial charge in [-0.05, 0) is 87.8 Å². The molecule has 450 valence electrons. The molecule has 0 fully saturated rings. The van der Waals surface area contributed by atoms with E-state index in [2.05, 4.69) is 39.2 Å². The topological polar surface area (TPSA) is 395 Å². The maximum absolute atomic E-state index is 14.2. The van der Waals surface area contributed by atoms with Crippen LogP contribution in [0.3, 0.4) is 0 Å². The van der Waals surface area contributed by atoms with Crippen molar-refractivity contribution in [2.75, 3.05) is 31.9 Å². The first-order chi connectivity index (χ1) is 37.7. The molecule has 0 aliphatic carbocycles. The average Bonchev–Trinajstić information content (AvgIpc) is 3.38. The third kappa shape index (κ3) is 30.6. The van der Waals surface area contributed by atoms with Gasteiger partial charge in [-0.1, -0.05) is 84.7 Å². The molecule has 0 radical (unpaired) electrons. The molecule has 0 aliphatic rings. The number of ketones is 5. The summed E-state index contributed by atoms with van der Waals surface area (Å²) in [6.45, 7) is 11.0. The number of hydrogen-bond donors (Lipinski definition) is 11. The number of hydrogen-bond acceptors (Lipinski definition) is 16. The Hall–Kier alpha value is -5.91. The first-order valence-corrected chi connectivity index (χ1v) is 28.8. The van der Waals surface area contributed by atoms with Crippen LogP contribution in [0, 0.1) is 41.4 Å². The minimum Gasteiger partial charge on any atom is -0.370 e. The number of benzene rings is 1. The van der Waals surface area contributed by atoms with E-state index < -0.39 is 138 Å². The molecular formula is C57H94N10O12S. The highest BCUT2D eigenvalue weighted by Crippen LogP contribution is 2.22. The van der Waals surface area contributed by atoms with Crippen LogP contribution >= 0.6 is 12.6 Å². The van der Waals surface area contributed by atoms with Crippen LogP contribution in [0.2, 0.25) is 0 Å². The van der Waals surface area contributed by atoms with Crippen LogP contribution in [0.1, 0.15) is 150 Å². The van der Waals surface area contributed by atoms with Crippen LogP contribution in [-0.4, -0.2) is 126 Å². The van der Waals surface area contributed by atoms with Crippen molar-refractivity contribution in [3.05, 3.63) is 35.9 Å². The quantitative estimate of drug-likeness (QED) is 0.0326. The fraction of sp³-hybridized carbons (Fsp3) is 0.684. The van der Waals surface area contributed by atoms with Crippen LogP contribution in [-0.2, 0) is 64.0 Å². The molecule has 0 heterocycles. The van der Waals surface area contributed by atoms with Crippen LogP contribution < -0.4 is 55.3 Å². The molecule has 0 saturated heterocycles. The lowest BCUT2D eigenvalue weighted by Gasteiger charge is -2.26. The zero-order valence-corrected chi connectivity index (χ0v) is 48.9. The van der Waals surface area contributed by atoms with Gasteiger partial charge in [0.1, 0.15) is 0 Å². The lowest BCUT2D eigenvalue weighted by Crippen LogP contribution is -2.49. The van der Waals surface area contributed by atoms with Crippen LogP contribution in [0.15, 0.2) is 30.3 Å². The van der Waals surface area contributed by atoms with E-state index in [0.717, 1.165) is 5.56 Å². The summed E-state index contributed by atoms with van der Waals surface area (Å²) in [6, 6.07) is 4.82. The average molecular weight is 1140 g/mol. The van der Waals surface area contributed by atoms with Gasteiger partial charge in [-0.3, -0.25) is 57.5 Å². The number of carbonyl (C=O) groups is 12. The highest BCUT2D eigenvalue weighted by molar-refractivity contribution is 7.80. The molecular weight excluding hydrogens is 1050 g/mol. The first kappa shape index (κ1) is 72.1. The fourth-order valence-electron chi connectivity index (χ4n) is 9.08. The van der Waals surface area contributed by atoms with E-state index in [9.17, 15) is 57.5 Å². The molecule has 15 N–H and O–H groups in total. The van der Waals surface area contributed by atoms with Crippen molar-refractivity contribution in [1.29, 1.82) is 0 Å². The lowest BCUT2D eigenvalue weighted by atomic mass is 9.87. The van der Waals surface area contributed by atoms with Gasteiger partial charge in [-0.2, -0.15) is 12.6 Å². The number of unbranched alkanes of at least 4 members (excludes halogenated alkanes) is 2. The summed E-state index contributed by atoms with van der Waals surface area (Å²) >= 11 is 4.24. The van der Waals surface area contributed by atoms with Gasteiger partial charge in [0.2, 0.25) is 41.4 Å². The first-order valence-electron chi connectivity index (χ1n) is 28.2. The maximum Gasteiger partial charge on any atom is 0.237 e. The zero-order chi connectivity index (χ0) is 60.5. The number of nitrogens with one attached hydrogen (secondary N) is 5. The Morgan fingerprint density at radius 3 is 1.54 bits per heavy atom. The van der Waals surface area contributed by atoms with Gasteiger partial charge in [-0.25, -0.2) is 0 Å². The maximum atomic E-state index is 14.2. The summed E-state index contributed by atoms with van der Waals surface area (Å²) < 4.78 is 0. The Balaban J connectivity index is 3.02. The second-order valence-electron chi connectivity index (χ2n) is 22.3. The standard InChI is InChI=1S/C57H94N10O12S/c1-34(2)22-40(56(78)65-45(24-36(5)6)50(72)29-39(17-11-13-21-59)55(77)66-47(30-51(61)73)49(71)28-38(53(62)75)16-10-12-20-58)26-42(68)32-64-54(76)41(33-80)27-43(69)31-63-52(74)19-18-48(70)46(25-37-14-8-7-9-15-37)67-57(79)44(60)23-35(3)4/h7-9,14-15,34-36,38-41,44-47,80H,10-13,16-33,58-60H2,1-6H3,(H2,61,73)(H2,62,75)(H,63,74)(H,64,76)(H,65,78)(H,66,77)(H,67,79)/t38-,39-,40-,41+,44+,45+,46+,47+/m1/s1. The minimum absolute atomic E-state index is 0.0769. The van der Waals surface area contributed by atoms with E-state index in [1.165, 1.54) is 0 Å². The number of Topliss-reactive ketones (excluding diaryl/α,β-unsaturated/α-hetero) is 5. The molecule has 23 heteroatoms. The molecule has 0 bridgehead atoms. The molecule has 0 aromatic heterocycles. The Bertz CT molecular complexity index is 2200. The van der Waals surface area contributed by atoms with E-state index in [4.69, 9.17) is 28.7 Å². The Morgan fingerprint density at radius 1 is 0.500 bits per heavy atom. The SMILES string of the molecule is CC(C)C[C@H](CC(=O)CNC(=O)[C@H](CS)CC(=O)CNC(=O)CCC(=O)[C@H](Cc1ccccc1)NC(=O)[C@@H](N)CC(C)C)C(=O)N[C@@H](CC(C)C)C(=O)C[C@@H](CCCCN)C(=O)N[C@@H](CC(N)=O)C(=O)C[C@@H](CCCCN)C(N)=O. The molecule has 1 aromatic carbocycles. The smallest absolute Gasteiger partial charge is 0.237 e. The van der Waals surface area contributed by atoms with Gasteiger partial charge >= 0.3 is 0 Å². The number of primary amides is 2. The summed E-state index contributed by atoms with van der Waals surface area (Å²) in [4.78, 5) is 159. The second kappa shape index (κ2) is 39.5. The monoisotopic (exact) mass is 1140 g/mol. The van der Waals surface area contributed by atoms with Crippen molar-refractivity contribution in [1.82, 2.24) is 26.6 Å². The molecule has 0 aliphatic heterocycles. The van der Waals surface area contributed by atoms with Crippen LogP contribution in [0.25, 0.3) is 0 Å². The number of nitrogens with two attached hydrogens (primary N) is 5. The van der Waals surface area contributed by atoms with Gasteiger partial charge < -0.3 is 55.3 Å². The van der Waals surface area contributed by atoms with E-state index in [1.807, 2.05) is 59.7 Å². The minimum atomic E-state index is -1.40. The third-order valence-corrected chi connectivity index (χ3v) is 13.9. The van der Waals surface area contributed by atoms with Gasteiger partial charge in [0, 0.05) is 62.0 Å². The normalized spacial score (nSPS) is 14.4. The molecule has 8 atom stereocenters. The summed E-state index contributed by atoms with van der Waals surface area (Å²) in [6.07, 6.45) is 1.14. The third-order valence-electron chi connectivity index (χ3n) is 13.5. The molecule has 7 amide bonds. The highest BCUT2D eigenvalue weighted by atomic mass is 32.1. The molecule has 80 heavy (non-hydrogen) atoms. The largest absolute Gasteiger partial charge is 0.370 e. The van der Waals surface area contributed by atoms with Crippen LogP contribution in [0.4, 0.5) is 0 Å². The fourth-order valence-corrected chi connectivity index (χ4v) is 9.38. The van der Waals surface area contributed by atoms with Crippen LogP contribution in [0.5, 0.6) is 0 Å². The van der Waals surface area contributed by atoms with Crippen molar-refractivity contribution in [2.45, 2.75) is 175 Å². The number of amides is 7. The number of carbonyl (C=O) groups excluding carboxylic acids is 12. The van der Waals surface area contributed by atoms with E-state index in [0.29, 0.717) is 45.2 Å². The summed E-state index contributed by atoms with van der Waals surface area (Å²) in [5.41, 5.74) is 29.2. The summed E-state index contributed by atoms with van der Waals surface area (Å²) in [5.74, 6) is -11.1. The molecule has 0 saturated carbocycles. The highest BCUT2D eigenvalue weighted by Gasteiger charge is 2.34. The van der Waals surface area contributed by atoms with E-state index in [-0.39, 0.29) is 94.1 Å². The Labute approximate surface area is 478 Å². The Kier molecular flexibility index (Phi) is 35.6. The summed E-state index contributed by atoms with van der Waals surface area (Å²) in [7, 11) is 0. The molecule has 22 nitrogen and oxygen atoms in total. The van der Waals surface area contributed by atoms with E-state index >= 15 is 0 Å². The molecule has 1 rings (SSSR count). The van der Waals surface area contributed by atoms with Crippen molar-refractivity contribution >= 4 is 82.9 Å². The van der Waals surface area contributed by atoms with Gasteiger partial charge in [0.15, 0.2) is 28.9 Å². The predicted molar refractivity (Wildman–Crippen MR) is 308 cm³/mol. The zero-order valence-electron chi connectivity index (χ0n) is 48.0. The predicted octanol–water partition coefficient (Wildman–Crippen LogP) is 1.58. The van der Waals surface area contributed by atoms with E-state index in [1.54, 1.807) is 12.1 Å². The number of rotatable bonds is 45.